The van der Waals surface area contributed by atoms with Gasteiger partial charge in [0.1, 0.15) is 20.2 Å². The molecule has 0 fully saturated rings. The molecule has 0 aromatic rings. The van der Waals surface area contributed by atoms with Gasteiger partial charge in [0.2, 0.25) is 11.3 Å². The van der Waals surface area contributed by atoms with Crippen LogP contribution >= 0.6 is 0 Å². The van der Waals surface area contributed by atoms with E-state index in [1.807, 2.05) is 0 Å². The van der Waals surface area contributed by atoms with Gasteiger partial charge in [0, 0.05) is 6.42 Å². The Hall–Kier alpha value is -1.40. The maximum Gasteiger partial charge on any atom is 0.320 e. The molecule has 0 bridgehead atoms. The third-order valence-electron chi connectivity index (χ3n) is 5.00. The average Bonchev–Trinajstić information content (AvgIpc) is 2.58. The summed E-state index contributed by atoms with van der Waals surface area (Å²) in [4.78, 5) is 0. The van der Waals surface area contributed by atoms with Crippen LogP contribution in [-0.2, 0) is 20.2 Å². The molecule has 18 heteroatoms. The molecule has 6 atom stereocenters. The minimum absolute atomic E-state index is 0.748. The lowest BCUT2D eigenvalue weighted by Crippen LogP contribution is -2.74. The lowest BCUT2D eigenvalue weighted by Gasteiger charge is -2.52. The highest BCUT2D eigenvalue weighted by Crippen LogP contribution is 2.62. The minimum Gasteiger partial charge on any atom is -0.745 e. The van der Waals surface area contributed by atoms with Gasteiger partial charge in [0.05, 0.1) is 0 Å². The quantitative estimate of drug-likeness (QED) is 0.323. The molecule has 0 radical (unpaired) electrons. The van der Waals surface area contributed by atoms with E-state index in [1.165, 1.54) is 0 Å². The van der Waals surface area contributed by atoms with Crippen molar-refractivity contribution in [2.45, 2.75) is 51.9 Å². The number of halogens is 10. The largest absolute Gasteiger partial charge is 0.745 e. The molecule has 0 aromatic carbocycles. The smallest absolute Gasteiger partial charge is 0.320 e. The highest BCUT2D eigenvalue weighted by Gasteiger charge is 2.84. The van der Waals surface area contributed by atoms with Crippen LogP contribution in [0.4, 0.5) is 43.9 Å². The molecule has 0 amide bonds. The van der Waals surface area contributed by atoms with Crippen molar-refractivity contribution < 1.29 is 69.8 Å². The SMILES string of the molecule is O=S(=O)([O-])C1(F)C=CC(F)C(F)(F)C1(F)CC1(F)C(F)(F)C(F)C=CC1(F)S(=O)(=O)[O-]. The van der Waals surface area contributed by atoms with E-state index in [4.69, 9.17) is 0 Å². The number of alkyl halides is 10. The van der Waals surface area contributed by atoms with Gasteiger partial charge in [0.15, 0.2) is 12.3 Å². The van der Waals surface area contributed by atoms with E-state index in [0.29, 0.717) is 0 Å². The molecule has 6 unspecified atom stereocenters. The van der Waals surface area contributed by atoms with Crippen LogP contribution in [0.1, 0.15) is 6.42 Å². The Morgan fingerprint density at radius 3 is 1.13 bits per heavy atom. The zero-order chi connectivity index (χ0) is 24.7. The monoisotopic (exact) mass is 514 g/mol. The Morgan fingerprint density at radius 2 is 0.903 bits per heavy atom. The maximum atomic E-state index is 15.2. The Balaban J connectivity index is 2.96. The van der Waals surface area contributed by atoms with Crippen molar-refractivity contribution in [1.29, 1.82) is 0 Å². The molecule has 0 heterocycles. The molecule has 0 N–H and O–H groups in total. The van der Waals surface area contributed by atoms with Crippen LogP contribution in [0.5, 0.6) is 0 Å². The zero-order valence-corrected chi connectivity index (χ0v) is 15.8. The van der Waals surface area contributed by atoms with Gasteiger partial charge in [-0.05, 0) is 24.3 Å². The third kappa shape index (κ3) is 2.97. The first kappa shape index (κ1) is 25.9. The second kappa shape index (κ2) is 6.57. The van der Waals surface area contributed by atoms with Gasteiger partial charge in [-0.25, -0.2) is 43.2 Å². The van der Waals surface area contributed by atoms with Crippen molar-refractivity contribution >= 4 is 20.2 Å². The van der Waals surface area contributed by atoms with Crippen molar-refractivity contribution in [2.75, 3.05) is 0 Å². The summed E-state index contributed by atoms with van der Waals surface area (Å²) in [6.45, 7) is 0. The molecule has 6 nitrogen and oxygen atoms in total. The van der Waals surface area contributed by atoms with Crippen LogP contribution in [0, 0.1) is 0 Å². The Labute approximate surface area is 167 Å². The van der Waals surface area contributed by atoms with Crippen LogP contribution in [-0.4, -0.2) is 71.5 Å². The van der Waals surface area contributed by atoms with Crippen molar-refractivity contribution in [3.8, 4) is 0 Å². The van der Waals surface area contributed by atoms with E-state index in [9.17, 15) is 61.1 Å². The summed E-state index contributed by atoms with van der Waals surface area (Å²) in [7, 11) is -14.3. The molecule has 31 heavy (non-hydrogen) atoms. The summed E-state index contributed by atoms with van der Waals surface area (Å²) >= 11 is 0. The number of hydrogen-bond acceptors (Lipinski definition) is 6. The van der Waals surface area contributed by atoms with Crippen LogP contribution in [0.2, 0.25) is 0 Å². The summed E-state index contributed by atoms with van der Waals surface area (Å²) < 4.78 is 210. The van der Waals surface area contributed by atoms with E-state index in [0.717, 1.165) is 0 Å². The van der Waals surface area contributed by atoms with Gasteiger partial charge in [-0.15, -0.1) is 0 Å². The molecular formula is C13H8F10O6S2-2. The molecule has 0 aliphatic heterocycles. The standard InChI is InChI=1S/C13H10F10O6S2/c14-6-1-3-10(18,30(24,25)26)8(16,12(6,20)21)5-9(17)11(19,31(27,28)29)4-2-7(15)13(9,22)23/h1-4,6-7H,5H2,(H,24,25,26)(H,27,28,29)/p-2. The van der Waals surface area contributed by atoms with E-state index in [1.54, 1.807) is 0 Å². The Bertz CT molecular complexity index is 963. The number of hydrogen-bond donors (Lipinski definition) is 0. The molecular weight excluding hydrogens is 506 g/mol. The molecule has 180 valence electrons. The topological polar surface area (TPSA) is 114 Å². The minimum atomic E-state index is -7.13. The fourth-order valence-corrected chi connectivity index (χ4v) is 4.89. The van der Waals surface area contributed by atoms with E-state index in [-0.39, 0.29) is 0 Å². The molecule has 2 rings (SSSR count). The summed E-state index contributed by atoms with van der Waals surface area (Å²) in [6.07, 6.45) is -15.9. The predicted octanol–water partition coefficient (Wildman–Crippen LogP) is 2.30. The molecule has 2 aliphatic rings. The highest BCUT2D eigenvalue weighted by molar-refractivity contribution is 7.87. The van der Waals surface area contributed by atoms with Crippen molar-refractivity contribution in [3.63, 3.8) is 0 Å². The molecule has 0 saturated carbocycles. The molecule has 0 aromatic heterocycles. The summed E-state index contributed by atoms with van der Waals surface area (Å²) in [5, 5.41) is -11.6. The fourth-order valence-electron chi connectivity index (χ4n) is 3.19. The van der Waals surface area contributed by atoms with Crippen molar-refractivity contribution in [2.24, 2.45) is 0 Å². The summed E-state index contributed by atoms with van der Waals surface area (Å²) in [6, 6.07) is 0. The van der Waals surface area contributed by atoms with Crippen molar-refractivity contribution in [1.82, 2.24) is 0 Å². The molecule has 0 saturated heterocycles. The maximum absolute atomic E-state index is 15.2. The van der Waals surface area contributed by atoms with Gasteiger partial charge in [-0.1, -0.05) is 0 Å². The average molecular weight is 514 g/mol. The Morgan fingerprint density at radius 1 is 0.645 bits per heavy atom. The van der Waals surface area contributed by atoms with Gasteiger partial charge >= 0.3 is 11.8 Å². The first-order valence-electron chi connectivity index (χ1n) is 7.55. The van der Waals surface area contributed by atoms with E-state index >= 15 is 8.78 Å². The number of allylic oxidation sites excluding steroid dienone is 2. The second-order valence-electron chi connectivity index (χ2n) is 6.75. The van der Waals surface area contributed by atoms with Gasteiger partial charge < -0.3 is 9.11 Å². The molecule has 2 aliphatic carbocycles. The van der Waals surface area contributed by atoms with Gasteiger partial charge in [-0.3, -0.25) is 0 Å². The van der Waals surface area contributed by atoms with Gasteiger partial charge in [0.25, 0.3) is 10.0 Å². The normalized spacial score (nSPS) is 44.9. The second-order valence-corrected chi connectivity index (χ2v) is 9.75. The van der Waals surface area contributed by atoms with E-state index in [2.05, 4.69) is 0 Å². The first-order chi connectivity index (χ1) is 13.5. The zero-order valence-electron chi connectivity index (χ0n) is 14.2. The number of rotatable bonds is 4. The fraction of sp³-hybridized carbons (Fsp3) is 0.692. The first-order valence-corrected chi connectivity index (χ1v) is 10.4. The highest BCUT2D eigenvalue weighted by atomic mass is 32.2. The van der Waals surface area contributed by atoms with Crippen LogP contribution in [0.15, 0.2) is 24.3 Å². The lowest BCUT2D eigenvalue weighted by molar-refractivity contribution is -0.263. The Kier molecular flexibility index (Phi) is 5.48. The predicted molar refractivity (Wildman–Crippen MR) is 77.3 cm³/mol. The van der Waals surface area contributed by atoms with Gasteiger partial charge in [-0.2, -0.15) is 17.6 Å². The summed E-state index contributed by atoms with van der Waals surface area (Å²) in [5.74, 6) is -12.5. The van der Waals surface area contributed by atoms with E-state index < -0.39 is 96.5 Å². The third-order valence-corrected chi connectivity index (χ3v) is 7.38. The lowest BCUT2D eigenvalue weighted by atomic mass is 9.70. The van der Waals surface area contributed by atoms with Crippen LogP contribution in [0.25, 0.3) is 0 Å². The van der Waals surface area contributed by atoms with Crippen molar-refractivity contribution in [3.05, 3.63) is 24.3 Å². The molecule has 0 spiro atoms. The van der Waals surface area contributed by atoms with Crippen LogP contribution in [0.3, 0.4) is 0 Å². The van der Waals surface area contributed by atoms with Crippen LogP contribution < -0.4 is 0 Å². The summed E-state index contributed by atoms with van der Waals surface area (Å²) in [5.41, 5.74) is -12.6.